The van der Waals surface area contributed by atoms with Gasteiger partial charge in [0, 0.05) is 18.7 Å². The third-order valence-corrected chi connectivity index (χ3v) is 4.57. The van der Waals surface area contributed by atoms with E-state index in [2.05, 4.69) is 5.32 Å². The fourth-order valence-corrected chi connectivity index (χ4v) is 3.05. The molecule has 2 aromatic carbocycles. The standard InChI is InChI=1S/C20H23FN2O2.ClH/c1-23(18-9-11-22-12-10-18)20(24)16-5-7-19(8-6-16)25-14-15-3-2-4-17(21)13-15;/h2-8,13,18,22H,9-12,14H2,1H3;1H. The summed E-state index contributed by atoms with van der Waals surface area (Å²) in [4.78, 5) is 14.4. The van der Waals surface area contributed by atoms with Crippen LogP contribution in [0.5, 0.6) is 5.75 Å². The van der Waals surface area contributed by atoms with Crippen molar-refractivity contribution in [2.75, 3.05) is 20.1 Å². The summed E-state index contributed by atoms with van der Waals surface area (Å²) < 4.78 is 18.8. The first kappa shape index (κ1) is 20.2. The van der Waals surface area contributed by atoms with Crippen molar-refractivity contribution in [1.82, 2.24) is 10.2 Å². The van der Waals surface area contributed by atoms with Crippen LogP contribution in [0.4, 0.5) is 4.39 Å². The van der Waals surface area contributed by atoms with Crippen molar-refractivity contribution in [2.24, 2.45) is 0 Å². The fourth-order valence-electron chi connectivity index (χ4n) is 3.05. The second kappa shape index (κ2) is 9.55. The predicted molar refractivity (Wildman–Crippen MR) is 102 cm³/mol. The number of ether oxygens (including phenoxy) is 1. The van der Waals surface area contributed by atoms with Crippen LogP contribution in [-0.2, 0) is 6.61 Å². The van der Waals surface area contributed by atoms with Gasteiger partial charge < -0.3 is 15.0 Å². The first-order valence-electron chi connectivity index (χ1n) is 8.58. The lowest BCUT2D eigenvalue weighted by molar-refractivity contribution is 0.0703. The van der Waals surface area contributed by atoms with E-state index < -0.39 is 0 Å². The average molecular weight is 379 g/mol. The number of hydrogen-bond donors (Lipinski definition) is 1. The minimum Gasteiger partial charge on any atom is -0.489 e. The van der Waals surface area contributed by atoms with E-state index in [0.29, 0.717) is 17.9 Å². The van der Waals surface area contributed by atoms with Crippen LogP contribution < -0.4 is 10.1 Å². The average Bonchev–Trinajstić information content (AvgIpc) is 2.66. The van der Waals surface area contributed by atoms with Crippen molar-refractivity contribution in [1.29, 1.82) is 0 Å². The maximum absolute atomic E-state index is 13.2. The van der Waals surface area contributed by atoms with Crippen LogP contribution >= 0.6 is 12.4 Å². The van der Waals surface area contributed by atoms with Crippen LogP contribution in [-0.4, -0.2) is 37.0 Å². The molecule has 1 heterocycles. The third-order valence-electron chi connectivity index (χ3n) is 4.57. The van der Waals surface area contributed by atoms with Gasteiger partial charge in [-0.05, 0) is 67.9 Å². The van der Waals surface area contributed by atoms with E-state index in [1.807, 2.05) is 18.0 Å². The quantitative estimate of drug-likeness (QED) is 0.863. The van der Waals surface area contributed by atoms with Gasteiger partial charge in [-0.2, -0.15) is 0 Å². The molecule has 1 aliphatic heterocycles. The molecular formula is C20H24ClFN2O2. The minimum absolute atomic E-state index is 0. The number of nitrogens with zero attached hydrogens (tertiary/aromatic N) is 1. The van der Waals surface area contributed by atoms with Gasteiger partial charge in [-0.25, -0.2) is 4.39 Å². The van der Waals surface area contributed by atoms with Crippen molar-refractivity contribution in [3.63, 3.8) is 0 Å². The van der Waals surface area contributed by atoms with E-state index in [9.17, 15) is 9.18 Å². The maximum atomic E-state index is 13.2. The Morgan fingerprint density at radius 1 is 1.19 bits per heavy atom. The second-order valence-corrected chi connectivity index (χ2v) is 6.34. The molecular weight excluding hydrogens is 355 g/mol. The topological polar surface area (TPSA) is 41.6 Å². The Morgan fingerprint density at radius 3 is 2.54 bits per heavy atom. The first-order valence-corrected chi connectivity index (χ1v) is 8.58. The zero-order valence-corrected chi connectivity index (χ0v) is 15.6. The molecule has 1 fully saturated rings. The van der Waals surface area contributed by atoms with Crippen LogP contribution in [0.2, 0.25) is 0 Å². The molecule has 0 atom stereocenters. The Kier molecular flexibility index (Phi) is 7.42. The number of piperidine rings is 1. The highest BCUT2D eigenvalue weighted by atomic mass is 35.5. The lowest BCUT2D eigenvalue weighted by atomic mass is 10.0. The molecule has 0 saturated carbocycles. The van der Waals surface area contributed by atoms with E-state index in [-0.39, 0.29) is 30.2 Å². The third kappa shape index (κ3) is 5.19. The summed E-state index contributed by atoms with van der Waals surface area (Å²) >= 11 is 0. The number of carbonyl (C=O) groups excluding carboxylic acids is 1. The number of nitrogens with one attached hydrogen (secondary N) is 1. The Hall–Kier alpha value is -2.11. The van der Waals surface area contributed by atoms with Crippen molar-refractivity contribution in [3.05, 3.63) is 65.5 Å². The lowest BCUT2D eigenvalue weighted by Crippen LogP contribution is -2.43. The molecule has 0 spiro atoms. The molecule has 2 aromatic rings. The summed E-state index contributed by atoms with van der Waals surface area (Å²) in [5.74, 6) is 0.414. The Bertz CT molecular complexity index is 718. The van der Waals surface area contributed by atoms with E-state index in [4.69, 9.17) is 4.74 Å². The highest BCUT2D eigenvalue weighted by molar-refractivity contribution is 5.94. The number of amides is 1. The van der Waals surface area contributed by atoms with Gasteiger partial charge in [-0.1, -0.05) is 12.1 Å². The zero-order valence-electron chi connectivity index (χ0n) is 14.8. The van der Waals surface area contributed by atoms with Gasteiger partial charge >= 0.3 is 0 Å². The number of benzene rings is 2. The van der Waals surface area contributed by atoms with Gasteiger partial charge in [0.25, 0.3) is 5.91 Å². The van der Waals surface area contributed by atoms with Crippen molar-refractivity contribution < 1.29 is 13.9 Å². The van der Waals surface area contributed by atoms with Crippen molar-refractivity contribution in [2.45, 2.75) is 25.5 Å². The molecule has 1 amide bonds. The fraction of sp³-hybridized carbons (Fsp3) is 0.350. The Labute approximate surface area is 159 Å². The number of hydrogen-bond acceptors (Lipinski definition) is 3. The Balaban J connectivity index is 0.00000243. The van der Waals surface area contributed by atoms with Crippen LogP contribution in [0.1, 0.15) is 28.8 Å². The monoisotopic (exact) mass is 378 g/mol. The van der Waals surface area contributed by atoms with E-state index in [0.717, 1.165) is 31.5 Å². The molecule has 0 aliphatic carbocycles. The highest BCUT2D eigenvalue weighted by Crippen LogP contribution is 2.18. The minimum atomic E-state index is -0.275. The summed E-state index contributed by atoms with van der Waals surface area (Å²) in [6.07, 6.45) is 1.97. The molecule has 26 heavy (non-hydrogen) atoms. The summed E-state index contributed by atoms with van der Waals surface area (Å²) in [7, 11) is 1.87. The van der Waals surface area contributed by atoms with Crippen LogP contribution in [0.25, 0.3) is 0 Å². The predicted octanol–water partition coefficient (Wildman–Crippen LogP) is 3.65. The van der Waals surface area contributed by atoms with Gasteiger partial charge in [0.1, 0.15) is 18.2 Å². The smallest absolute Gasteiger partial charge is 0.253 e. The first-order chi connectivity index (χ1) is 12.1. The molecule has 1 saturated heterocycles. The second-order valence-electron chi connectivity index (χ2n) is 6.34. The SMILES string of the molecule is CN(C(=O)c1ccc(OCc2cccc(F)c2)cc1)C1CCNCC1.Cl. The van der Waals surface area contributed by atoms with Crippen molar-refractivity contribution in [3.8, 4) is 5.75 Å². The van der Waals surface area contributed by atoms with Crippen LogP contribution in [0, 0.1) is 5.82 Å². The normalized spacial score (nSPS) is 14.4. The highest BCUT2D eigenvalue weighted by Gasteiger charge is 2.22. The van der Waals surface area contributed by atoms with Crippen LogP contribution in [0.15, 0.2) is 48.5 Å². The Morgan fingerprint density at radius 2 is 1.88 bits per heavy atom. The molecule has 0 unspecified atom stereocenters. The maximum Gasteiger partial charge on any atom is 0.253 e. The summed E-state index contributed by atoms with van der Waals surface area (Å²) in [5, 5.41) is 3.31. The van der Waals surface area contributed by atoms with Gasteiger partial charge in [0.15, 0.2) is 0 Å². The summed E-state index contributed by atoms with van der Waals surface area (Å²) in [6, 6.07) is 13.7. The molecule has 0 radical (unpaired) electrons. The molecule has 1 aliphatic rings. The number of carbonyl (C=O) groups is 1. The van der Waals surface area contributed by atoms with Gasteiger partial charge in [-0.15, -0.1) is 12.4 Å². The van der Waals surface area contributed by atoms with E-state index >= 15 is 0 Å². The zero-order chi connectivity index (χ0) is 17.6. The molecule has 3 rings (SSSR count). The van der Waals surface area contributed by atoms with Gasteiger partial charge in [0.2, 0.25) is 0 Å². The van der Waals surface area contributed by atoms with Gasteiger partial charge in [-0.3, -0.25) is 4.79 Å². The van der Waals surface area contributed by atoms with Crippen molar-refractivity contribution >= 4 is 18.3 Å². The van der Waals surface area contributed by atoms with E-state index in [1.54, 1.807) is 30.3 Å². The molecule has 1 N–H and O–H groups in total. The molecule has 6 heteroatoms. The largest absolute Gasteiger partial charge is 0.489 e. The number of halogens is 2. The summed E-state index contributed by atoms with van der Waals surface area (Å²) in [5.41, 5.74) is 1.42. The molecule has 4 nitrogen and oxygen atoms in total. The summed E-state index contributed by atoms with van der Waals surface area (Å²) in [6.45, 7) is 2.20. The molecule has 0 aromatic heterocycles. The molecule has 0 bridgehead atoms. The van der Waals surface area contributed by atoms with Gasteiger partial charge in [0.05, 0.1) is 0 Å². The molecule has 140 valence electrons. The number of rotatable bonds is 5. The lowest BCUT2D eigenvalue weighted by Gasteiger charge is -2.31. The van der Waals surface area contributed by atoms with Crippen LogP contribution in [0.3, 0.4) is 0 Å². The van der Waals surface area contributed by atoms with E-state index in [1.165, 1.54) is 12.1 Å².